The SMILES string of the molecule is COCC(C)Oc1cncc(-c2cn(C)c(=O)c3cc(CN4CCNCC4)sc23)c1. The zero-order valence-corrected chi connectivity index (χ0v) is 18.5. The van der Waals surface area contributed by atoms with Crippen molar-refractivity contribution in [2.45, 2.75) is 19.6 Å². The summed E-state index contributed by atoms with van der Waals surface area (Å²) in [6.45, 7) is 7.43. The smallest absolute Gasteiger partial charge is 0.259 e. The van der Waals surface area contributed by atoms with Gasteiger partial charge in [-0.05, 0) is 19.1 Å². The van der Waals surface area contributed by atoms with Crippen LogP contribution in [0, 0.1) is 0 Å². The summed E-state index contributed by atoms with van der Waals surface area (Å²) in [6.07, 6.45) is 5.36. The van der Waals surface area contributed by atoms with E-state index in [0.717, 1.165) is 53.9 Å². The third kappa shape index (κ3) is 4.57. The Bertz CT molecular complexity index is 1070. The van der Waals surface area contributed by atoms with Gasteiger partial charge < -0.3 is 19.4 Å². The minimum atomic E-state index is -0.0698. The minimum Gasteiger partial charge on any atom is -0.487 e. The summed E-state index contributed by atoms with van der Waals surface area (Å²) in [6, 6.07) is 4.04. The van der Waals surface area contributed by atoms with E-state index in [1.165, 1.54) is 4.88 Å². The molecule has 0 aromatic carbocycles. The number of piperazine rings is 1. The summed E-state index contributed by atoms with van der Waals surface area (Å²) in [4.78, 5) is 20.8. The van der Waals surface area contributed by atoms with Crippen LogP contribution in [0.3, 0.4) is 0 Å². The number of ether oxygens (including phenoxy) is 2. The maximum atomic E-state index is 12.8. The highest BCUT2D eigenvalue weighted by Gasteiger charge is 2.17. The van der Waals surface area contributed by atoms with E-state index in [1.54, 1.807) is 36.3 Å². The Morgan fingerprint density at radius 3 is 2.83 bits per heavy atom. The second-order valence-electron chi connectivity index (χ2n) is 7.73. The molecule has 8 heteroatoms. The molecule has 30 heavy (non-hydrogen) atoms. The molecule has 3 aromatic heterocycles. The second-order valence-corrected chi connectivity index (χ2v) is 8.87. The summed E-state index contributed by atoms with van der Waals surface area (Å²) in [5.41, 5.74) is 1.97. The lowest BCUT2D eigenvalue weighted by molar-refractivity contribution is 0.0919. The topological polar surface area (TPSA) is 68.6 Å². The van der Waals surface area contributed by atoms with Crippen molar-refractivity contribution in [3.63, 3.8) is 0 Å². The van der Waals surface area contributed by atoms with Crippen LogP contribution in [-0.2, 0) is 18.3 Å². The molecular formula is C22H28N4O3S. The largest absolute Gasteiger partial charge is 0.487 e. The van der Waals surface area contributed by atoms with Crippen LogP contribution in [0.15, 0.2) is 35.5 Å². The second kappa shape index (κ2) is 9.26. The lowest BCUT2D eigenvalue weighted by Gasteiger charge is -2.26. The highest BCUT2D eigenvalue weighted by Crippen LogP contribution is 2.34. The van der Waals surface area contributed by atoms with Crippen molar-refractivity contribution in [3.8, 4) is 16.9 Å². The standard InChI is InChI=1S/C22H28N4O3S/c1-15(14-28-3)29-17-8-16(10-24-11-17)20-13-25(2)22(27)19-9-18(30-21(19)20)12-26-6-4-23-5-7-26/h8-11,13,15,23H,4-7,12,14H2,1-3H3. The quantitative estimate of drug-likeness (QED) is 0.624. The van der Waals surface area contributed by atoms with Crippen molar-refractivity contribution < 1.29 is 9.47 Å². The fraction of sp³-hybridized carbons (Fsp3) is 0.455. The van der Waals surface area contributed by atoms with Crippen LogP contribution >= 0.6 is 11.3 Å². The van der Waals surface area contributed by atoms with Crippen LogP contribution in [0.25, 0.3) is 21.2 Å². The molecule has 1 atom stereocenters. The summed E-state index contributed by atoms with van der Waals surface area (Å²) < 4.78 is 13.7. The molecule has 0 saturated carbocycles. The molecule has 0 amide bonds. The zero-order chi connectivity index (χ0) is 21.1. The van der Waals surface area contributed by atoms with E-state index in [9.17, 15) is 4.79 Å². The number of pyridine rings is 2. The zero-order valence-electron chi connectivity index (χ0n) is 17.7. The van der Waals surface area contributed by atoms with E-state index in [-0.39, 0.29) is 11.7 Å². The van der Waals surface area contributed by atoms with Gasteiger partial charge >= 0.3 is 0 Å². The van der Waals surface area contributed by atoms with Crippen molar-refractivity contribution >= 4 is 21.4 Å². The Morgan fingerprint density at radius 2 is 2.07 bits per heavy atom. The molecule has 1 saturated heterocycles. The van der Waals surface area contributed by atoms with Crippen molar-refractivity contribution in [3.05, 3.63) is 46.0 Å². The third-order valence-corrected chi connectivity index (χ3v) is 6.41. The molecule has 0 aliphatic carbocycles. The molecule has 160 valence electrons. The van der Waals surface area contributed by atoms with Crippen LogP contribution in [-0.4, -0.2) is 60.5 Å². The average molecular weight is 429 g/mol. The summed E-state index contributed by atoms with van der Waals surface area (Å²) in [5.74, 6) is 0.691. The van der Waals surface area contributed by atoms with Crippen LogP contribution in [0.1, 0.15) is 11.8 Å². The number of hydrogen-bond donors (Lipinski definition) is 1. The maximum absolute atomic E-state index is 12.8. The summed E-state index contributed by atoms with van der Waals surface area (Å²) in [5, 5.41) is 4.15. The minimum absolute atomic E-state index is 0.0330. The first-order valence-electron chi connectivity index (χ1n) is 10.2. The normalized spacial score (nSPS) is 16.1. The molecule has 7 nitrogen and oxygen atoms in total. The van der Waals surface area contributed by atoms with Gasteiger partial charge in [-0.25, -0.2) is 0 Å². The highest BCUT2D eigenvalue weighted by molar-refractivity contribution is 7.19. The Morgan fingerprint density at radius 1 is 1.27 bits per heavy atom. The van der Waals surface area contributed by atoms with Crippen molar-refractivity contribution in [2.24, 2.45) is 7.05 Å². The number of hydrogen-bond acceptors (Lipinski definition) is 7. The van der Waals surface area contributed by atoms with Crippen molar-refractivity contribution in [2.75, 3.05) is 39.9 Å². The van der Waals surface area contributed by atoms with Gasteiger partial charge in [-0.1, -0.05) is 0 Å². The Labute approximate surface area is 180 Å². The molecule has 1 aliphatic heterocycles. The van der Waals surface area contributed by atoms with Crippen LogP contribution in [0.5, 0.6) is 5.75 Å². The van der Waals surface area contributed by atoms with E-state index in [0.29, 0.717) is 12.4 Å². The van der Waals surface area contributed by atoms with Gasteiger partial charge in [-0.2, -0.15) is 0 Å². The lowest BCUT2D eigenvalue weighted by Crippen LogP contribution is -2.42. The van der Waals surface area contributed by atoms with Gasteiger partial charge in [-0.15, -0.1) is 11.3 Å². The first-order chi connectivity index (χ1) is 14.5. The van der Waals surface area contributed by atoms with E-state index >= 15 is 0 Å². The average Bonchev–Trinajstić information content (AvgIpc) is 3.15. The summed E-state index contributed by atoms with van der Waals surface area (Å²) >= 11 is 1.70. The number of nitrogens with zero attached hydrogens (tertiary/aromatic N) is 3. The fourth-order valence-corrected chi connectivity index (χ4v) is 5.03. The number of nitrogens with one attached hydrogen (secondary N) is 1. The van der Waals surface area contributed by atoms with Crippen molar-refractivity contribution in [1.29, 1.82) is 0 Å². The number of aryl methyl sites for hydroxylation is 1. The molecule has 1 aliphatic rings. The molecule has 0 radical (unpaired) electrons. The molecule has 0 spiro atoms. The predicted octanol–water partition coefficient (Wildman–Crippen LogP) is 2.48. The number of rotatable bonds is 7. The van der Waals surface area contributed by atoms with E-state index < -0.39 is 0 Å². The van der Waals surface area contributed by atoms with Gasteiger partial charge in [0.05, 0.1) is 18.2 Å². The summed E-state index contributed by atoms with van der Waals surface area (Å²) in [7, 11) is 3.46. The first kappa shape index (κ1) is 21.0. The number of methoxy groups -OCH3 is 1. The molecule has 1 fully saturated rings. The number of fused-ring (bicyclic) bond motifs is 1. The highest BCUT2D eigenvalue weighted by atomic mass is 32.1. The van der Waals surface area contributed by atoms with E-state index in [1.807, 2.05) is 25.4 Å². The van der Waals surface area contributed by atoms with Crippen molar-refractivity contribution in [1.82, 2.24) is 19.8 Å². The molecule has 4 heterocycles. The van der Waals surface area contributed by atoms with Gasteiger partial charge in [0.1, 0.15) is 11.9 Å². The molecule has 1 N–H and O–H groups in total. The van der Waals surface area contributed by atoms with E-state index in [4.69, 9.17) is 9.47 Å². The molecule has 1 unspecified atom stereocenters. The molecule has 3 aromatic rings. The molecular weight excluding hydrogens is 400 g/mol. The van der Waals surface area contributed by atoms with Crippen LogP contribution in [0.2, 0.25) is 0 Å². The lowest BCUT2D eigenvalue weighted by atomic mass is 10.1. The van der Waals surface area contributed by atoms with Gasteiger partial charge in [0.25, 0.3) is 5.56 Å². The monoisotopic (exact) mass is 428 g/mol. The number of thiophene rings is 1. The van der Waals surface area contributed by atoms with Crippen LogP contribution < -0.4 is 15.6 Å². The predicted molar refractivity (Wildman–Crippen MR) is 120 cm³/mol. The fourth-order valence-electron chi connectivity index (χ4n) is 3.81. The van der Waals surface area contributed by atoms with Gasteiger partial charge in [0.2, 0.25) is 0 Å². The van der Waals surface area contributed by atoms with Gasteiger partial charge in [0, 0.05) is 80.0 Å². The van der Waals surface area contributed by atoms with Crippen LogP contribution in [0.4, 0.5) is 0 Å². The third-order valence-electron chi connectivity index (χ3n) is 5.25. The first-order valence-corrected chi connectivity index (χ1v) is 11.0. The Balaban J connectivity index is 1.70. The molecule has 0 bridgehead atoms. The molecule has 4 rings (SSSR count). The van der Waals surface area contributed by atoms with Gasteiger partial charge in [0.15, 0.2) is 0 Å². The maximum Gasteiger partial charge on any atom is 0.259 e. The Hall–Kier alpha value is -2.26. The van der Waals surface area contributed by atoms with Gasteiger partial charge in [-0.3, -0.25) is 14.7 Å². The van der Waals surface area contributed by atoms with E-state index in [2.05, 4.69) is 21.3 Å². The Kier molecular flexibility index (Phi) is 6.48. The number of aromatic nitrogens is 2.